The first kappa shape index (κ1) is 12.2. The van der Waals surface area contributed by atoms with Gasteiger partial charge in [-0.25, -0.2) is 4.79 Å². The number of hydrogen-bond donors (Lipinski definition) is 2. The van der Waals surface area contributed by atoms with Gasteiger partial charge in [0.2, 0.25) is 0 Å². The van der Waals surface area contributed by atoms with Gasteiger partial charge in [0, 0.05) is 11.0 Å². The van der Waals surface area contributed by atoms with Gasteiger partial charge in [-0.2, -0.15) is 0 Å². The van der Waals surface area contributed by atoms with Crippen LogP contribution in [0.25, 0.3) is 0 Å². The van der Waals surface area contributed by atoms with Crippen molar-refractivity contribution < 1.29 is 14.6 Å². The van der Waals surface area contributed by atoms with Gasteiger partial charge in [0.15, 0.2) is 0 Å². The number of carbonyl (C=O) groups is 1. The molecule has 1 aliphatic heterocycles. The molecule has 0 bridgehead atoms. The van der Waals surface area contributed by atoms with Gasteiger partial charge in [-0.3, -0.25) is 0 Å². The van der Waals surface area contributed by atoms with Crippen molar-refractivity contribution in [2.75, 3.05) is 6.61 Å². The predicted molar refractivity (Wildman–Crippen MR) is 66.8 cm³/mol. The molecule has 1 heterocycles. The van der Waals surface area contributed by atoms with E-state index in [4.69, 9.17) is 4.74 Å². The van der Waals surface area contributed by atoms with Crippen LogP contribution in [0.1, 0.15) is 25.5 Å². The molecular formula is C12H14BrNO3. The molecule has 2 N–H and O–H groups in total. The van der Waals surface area contributed by atoms with Crippen LogP contribution < -0.4 is 5.32 Å². The van der Waals surface area contributed by atoms with Crippen LogP contribution in [0.15, 0.2) is 22.7 Å². The molecule has 0 unspecified atom stereocenters. The Kier molecular flexibility index (Phi) is 3.03. The summed E-state index contributed by atoms with van der Waals surface area (Å²) in [7, 11) is 0. The maximum atomic E-state index is 11.3. The summed E-state index contributed by atoms with van der Waals surface area (Å²) in [5.74, 6) is 0.160. The Labute approximate surface area is 108 Å². The number of phenols is 1. The fraction of sp³-hybridized carbons (Fsp3) is 0.417. The molecule has 1 aliphatic rings. The Bertz CT molecular complexity index is 459. The zero-order chi connectivity index (χ0) is 12.6. The highest BCUT2D eigenvalue weighted by molar-refractivity contribution is 9.10. The lowest BCUT2D eigenvalue weighted by Gasteiger charge is -2.38. The molecule has 17 heavy (non-hydrogen) atoms. The number of para-hydroxylation sites is 1. The summed E-state index contributed by atoms with van der Waals surface area (Å²) in [6.07, 6.45) is -0.450. The molecule has 0 aromatic heterocycles. The van der Waals surface area contributed by atoms with Crippen LogP contribution in [-0.4, -0.2) is 17.8 Å². The summed E-state index contributed by atoms with van der Waals surface area (Å²) in [6, 6.07) is 5.13. The van der Waals surface area contributed by atoms with Crippen molar-refractivity contribution in [3.05, 3.63) is 28.2 Å². The molecule has 1 saturated heterocycles. The number of benzene rings is 1. The zero-order valence-corrected chi connectivity index (χ0v) is 11.2. The van der Waals surface area contributed by atoms with Crippen LogP contribution in [0.2, 0.25) is 0 Å². The number of cyclic esters (lactones) is 1. The molecule has 1 aromatic carbocycles. The highest BCUT2D eigenvalue weighted by atomic mass is 79.9. The third-order valence-corrected chi connectivity index (χ3v) is 3.59. The highest BCUT2D eigenvalue weighted by Gasteiger charge is 2.39. The van der Waals surface area contributed by atoms with Gasteiger partial charge in [0.25, 0.3) is 0 Å². The molecule has 4 nitrogen and oxygen atoms in total. The smallest absolute Gasteiger partial charge is 0.407 e. The lowest BCUT2D eigenvalue weighted by molar-refractivity contribution is 0.0381. The second kappa shape index (κ2) is 4.22. The fourth-order valence-electron chi connectivity index (χ4n) is 1.95. The van der Waals surface area contributed by atoms with Crippen LogP contribution in [0.5, 0.6) is 5.75 Å². The Hall–Kier alpha value is -1.23. The number of hydrogen-bond acceptors (Lipinski definition) is 3. The molecule has 2 rings (SSSR count). The third-order valence-electron chi connectivity index (χ3n) is 2.95. The zero-order valence-electron chi connectivity index (χ0n) is 9.66. The van der Waals surface area contributed by atoms with Crippen LogP contribution in [-0.2, 0) is 4.74 Å². The standard InChI is InChI=1S/C12H14BrNO3/c1-12(2)6-17-11(16)14-10(12)7-4-3-5-8(13)9(7)15/h3-5,10,15H,6H2,1-2H3,(H,14,16)/t10-/m1/s1. The molecule has 1 aromatic rings. The Morgan fingerprint density at radius 1 is 1.53 bits per heavy atom. The minimum atomic E-state index is -0.450. The first-order valence-electron chi connectivity index (χ1n) is 5.32. The van der Waals surface area contributed by atoms with E-state index < -0.39 is 6.09 Å². The molecular weight excluding hydrogens is 286 g/mol. The predicted octanol–water partition coefficient (Wildman–Crippen LogP) is 2.96. The van der Waals surface area contributed by atoms with Crippen LogP contribution in [0.3, 0.4) is 0 Å². The van der Waals surface area contributed by atoms with E-state index >= 15 is 0 Å². The van der Waals surface area contributed by atoms with Crippen molar-refractivity contribution in [3.63, 3.8) is 0 Å². The van der Waals surface area contributed by atoms with Crippen molar-refractivity contribution in [2.45, 2.75) is 19.9 Å². The lowest BCUT2D eigenvalue weighted by Crippen LogP contribution is -2.46. The van der Waals surface area contributed by atoms with Crippen molar-refractivity contribution in [1.82, 2.24) is 5.32 Å². The van der Waals surface area contributed by atoms with Crippen molar-refractivity contribution >= 4 is 22.0 Å². The fourth-order valence-corrected chi connectivity index (χ4v) is 2.33. The average molecular weight is 300 g/mol. The first-order chi connectivity index (χ1) is 7.92. The van der Waals surface area contributed by atoms with E-state index in [-0.39, 0.29) is 17.2 Å². The number of carbonyl (C=O) groups excluding carboxylic acids is 1. The molecule has 92 valence electrons. The minimum Gasteiger partial charge on any atom is -0.506 e. The third kappa shape index (κ3) is 2.24. The number of nitrogens with one attached hydrogen (secondary N) is 1. The number of alkyl carbamates (subject to hydrolysis) is 1. The minimum absolute atomic E-state index is 0.160. The van der Waals surface area contributed by atoms with Crippen molar-refractivity contribution in [1.29, 1.82) is 0 Å². The number of rotatable bonds is 1. The van der Waals surface area contributed by atoms with Crippen LogP contribution in [0.4, 0.5) is 4.79 Å². The van der Waals surface area contributed by atoms with E-state index in [9.17, 15) is 9.90 Å². The molecule has 0 saturated carbocycles. The van der Waals surface area contributed by atoms with Gasteiger partial charge >= 0.3 is 6.09 Å². The number of amides is 1. The molecule has 1 amide bonds. The van der Waals surface area contributed by atoms with Crippen molar-refractivity contribution in [2.24, 2.45) is 5.41 Å². The van der Waals surface area contributed by atoms with Crippen molar-refractivity contribution in [3.8, 4) is 5.75 Å². The SMILES string of the molecule is CC1(C)COC(=O)N[C@@H]1c1cccc(Br)c1O. The first-order valence-corrected chi connectivity index (χ1v) is 6.12. The van der Waals surface area contributed by atoms with E-state index in [2.05, 4.69) is 21.2 Å². The number of halogens is 1. The molecule has 1 atom stereocenters. The maximum Gasteiger partial charge on any atom is 0.407 e. The topological polar surface area (TPSA) is 58.6 Å². The second-order valence-electron chi connectivity index (χ2n) is 4.82. The highest BCUT2D eigenvalue weighted by Crippen LogP contribution is 2.41. The molecule has 0 aliphatic carbocycles. The Balaban J connectivity index is 2.43. The maximum absolute atomic E-state index is 11.3. The van der Waals surface area contributed by atoms with E-state index in [1.54, 1.807) is 12.1 Å². The summed E-state index contributed by atoms with van der Waals surface area (Å²) in [6.45, 7) is 4.30. The van der Waals surface area contributed by atoms with Gasteiger partial charge in [0.1, 0.15) is 12.4 Å². The molecule has 0 radical (unpaired) electrons. The van der Waals surface area contributed by atoms with Crippen LogP contribution >= 0.6 is 15.9 Å². The van der Waals surface area contributed by atoms with E-state index in [1.807, 2.05) is 19.9 Å². The molecule has 1 fully saturated rings. The number of phenolic OH excluding ortho intramolecular Hbond substituents is 1. The monoisotopic (exact) mass is 299 g/mol. The number of ether oxygens (including phenoxy) is 1. The summed E-state index contributed by atoms with van der Waals surface area (Å²) >= 11 is 3.27. The van der Waals surface area contributed by atoms with Gasteiger partial charge in [0.05, 0.1) is 10.5 Å². The lowest BCUT2D eigenvalue weighted by atomic mass is 9.80. The second-order valence-corrected chi connectivity index (χ2v) is 5.67. The van der Waals surface area contributed by atoms with Gasteiger partial charge in [-0.05, 0) is 22.0 Å². The average Bonchev–Trinajstić information content (AvgIpc) is 2.26. The molecule has 5 heteroatoms. The Morgan fingerprint density at radius 3 is 2.94 bits per heavy atom. The number of aromatic hydroxyl groups is 1. The Morgan fingerprint density at radius 2 is 2.24 bits per heavy atom. The normalized spacial score (nSPS) is 22.8. The summed E-state index contributed by atoms with van der Waals surface area (Å²) in [4.78, 5) is 11.3. The van der Waals surface area contributed by atoms with E-state index in [0.29, 0.717) is 16.6 Å². The van der Waals surface area contributed by atoms with Gasteiger partial charge < -0.3 is 15.2 Å². The summed E-state index contributed by atoms with van der Waals surface area (Å²) in [5.41, 5.74) is 0.424. The van der Waals surface area contributed by atoms with E-state index in [0.717, 1.165) is 0 Å². The quantitative estimate of drug-likeness (QED) is 0.838. The van der Waals surface area contributed by atoms with Gasteiger partial charge in [-0.15, -0.1) is 0 Å². The molecule has 0 spiro atoms. The van der Waals surface area contributed by atoms with Crippen LogP contribution in [0, 0.1) is 5.41 Å². The summed E-state index contributed by atoms with van der Waals surface area (Å²) in [5, 5.41) is 12.8. The summed E-state index contributed by atoms with van der Waals surface area (Å²) < 4.78 is 5.59. The largest absolute Gasteiger partial charge is 0.506 e. The van der Waals surface area contributed by atoms with E-state index in [1.165, 1.54) is 0 Å². The van der Waals surface area contributed by atoms with Gasteiger partial charge in [-0.1, -0.05) is 26.0 Å².